The molecular formula is C21H19N5O2. The van der Waals surface area contributed by atoms with Gasteiger partial charge in [-0.25, -0.2) is 0 Å². The van der Waals surface area contributed by atoms with Gasteiger partial charge < -0.3 is 9.42 Å². The summed E-state index contributed by atoms with van der Waals surface area (Å²) in [6.07, 6.45) is 3.36. The van der Waals surface area contributed by atoms with Crippen molar-refractivity contribution in [3.05, 3.63) is 71.7 Å². The van der Waals surface area contributed by atoms with Crippen molar-refractivity contribution in [3.8, 4) is 17.4 Å². The molecule has 7 nitrogen and oxygen atoms in total. The molecule has 1 saturated heterocycles. The van der Waals surface area contributed by atoms with Crippen molar-refractivity contribution in [1.29, 1.82) is 5.26 Å². The first-order valence-corrected chi connectivity index (χ1v) is 9.11. The largest absolute Gasteiger partial charge is 0.355 e. The molecule has 3 aromatic rings. The van der Waals surface area contributed by atoms with Gasteiger partial charge >= 0.3 is 0 Å². The number of hydrogen-bond donors (Lipinski definition) is 0. The predicted molar refractivity (Wildman–Crippen MR) is 102 cm³/mol. The highest BCUT2D eigenvalue weighted by atomic mass is 16.5. The van der Waals surface area contributed by atoms with Gasteiger partial charge in [0, 0.05) is 56.7 Å². The molecule has 28 heavy (non-hydrogen) atoms. The number of benzene rings is 1. The predicted octanol–water partition coefficient (Wildman–Crippen LogP) is 2.57. The SMILES string of the molecule is N#Cc1ccc(CN2CCN(C(=O)c3cc(-c4cccnc4)on3)CC2)cc1. The second-order valence-electron chi connectivity index (χ2n) is 6.70. The molecule has 0 atom stereocenters. The van der Waals surface area contributed by atoms with Gasteiger partial charge in [-0.15, -0.1) is 0 Å². The number of carbonyl (C=O) groups excluding carboxylic acids is 1. The van der Waals surface area contributed by atoms with E-state index < -0.39 is 0 Å². The summed E-state index contributed by atoms with van der Waals surface area (Å²) in [6, 6.07) is 15.1. The average Bonchev–Trinajstić information content (AvgIpc) is 3.25. The van der Waals surface area contributed by atoms with Crippen LogP contribution in [0.25, 0.3) is 11.3 Å². The van der Waals surface area contributed by atoms with Crippen molar-refractivity contribution in [1.82, 2.24) is 19.9 Å². The Morgan fingerprint density at radius 1 is 1.14 bits per heavy atom. The minimum absolute atomic E-state index is 0.114. The Morgan fingerprint density at radius 3 is 2.61 bits per heavy atom. The van der Waals surface area contributed by atoms with Crippen LogP contribution in [-0.4, -0.2) is 52.0 Å². The number of aromatic nitrogens is 2. The molecular weight excluding hydrogens is 354 g/mol. The summed E-state index contributed by atoms with van der Waals surface area (Å²) >= 11 is 0. The summed E-state index contributed by atoms with van der Waals surface area (Å²) in [4.78, 5) is 20.9. The lowest BCUT2D eigenvalue weighted by Crippen LogP contribution is -2.48. The van der Waals surface area contributed by atoms with E-state index >= 15 is 0 Å². The molecule has 0 aliphatic carbocycles. The van der Waals surface area contributed by atoms with Crippen molar-refractivity contribution >= 4 is 5.91 Å². The summed E-state index contributed by atoms with van der Waals surface area (Å²) in [7, 11) is 0. The van der Waals surface area contributed by atoms with E-state index in [0.29, 0.717) is 30.1 Å². The second kappa shape index (κ2) is 8.03. The van der Waals surface area contributed by atoms with Crippen LogP contribution in [0.1, 0.15) is 21.6 Å². The molecule has 140 valence electrons. The maximum atomic E-state index is 12.7. The summed E-state index contributed by atoms with van der Waals surface area (Å²) < 4.78 is 5.31. The first-order valence-electron chi connectivity index (χ1n) is 9.11. The van der Waals surface area contributed by atoms with E-state index in [1.807, 2.05) is 36.4 Å². The fourth-order valence-electron chi connectivity index (χ4n) is 3.23. The van der Waals surface area contributed by atoms with Gasteiger partial charge in [-0.05, 0) is 29.8 Å². The molecule has 0 bridgehead atoms. The van der Waals surface area contributed by atoms with Crippen molar-refractivity contribution < 1.29 is 9.32 Å². The Kier molecular flexibility index (Phi) is 5.13. The minimum Gasteiger partial charge on any atom is -0.355 e. The molecule has 4 rings (SSSR count). The van der Waals surface area contributed by atoms with Gasteiger partial charge in [0.15, 0.2) is 11.5 Å². The molecule has 1 aliphatic rings. The number of hydrogen-bond acceptors (Lipinski definition) is 6. The molecule has 1 fully saturated rings. The summed E-state index contributed by atoms with van der Waals surface area (Å²) in [5, 5.41) is 12.8. The monoisotopic (exact) mass is 373 g/mol. The van der Waals surface area contributed by atoms with Gasteiger partial charge in [0.1, 0.15) is 0 Å². The van der Waals surface area contributed by atoms with Gasteiger partial charge in [0.2, 0.25) is 0 Å². The molecule has 1 amide bonds. The molecule has 2 aromatic heterocycles. The Bertz CT molecular complexity index is 984. The zero-order valence-electron chi connectivity index (χ0n) is 15.3. The number of nitriles is 1. The molecule has 1 aliphatic heterocycles. The fourth-order valence-corrected chi connectivity index (χ4v) is 3.23. The number of pyridine rings is 1. The van der Waals surface area contributed by atoms with Gasteiger partial charge in [-0.1, -0.05) is 17.3 Å². The van der Waals surface area contributed by atoms with Gasteiger partial charge in [0.05, 0.1) is 11.6 Å². The normalized spacial score (nSPS) is 14.6. The lowest BCUT2D eigenvalue weighted by atomic mass is 10.1. The third-order valence-corrected chi connectivity index (χ3v) is 4.82. The zero-order chi connectivity index (χ0) is 19.3. The van der Waals surface area contributed by atoms with Crippen LogP contribution in [0, 0.1) is 11.3 Å². The van der Waals surface area contributed by atoms with Gasteiger partial charge in [-0.3, -0.25) is 14.7 Å². The van der Waals surface area contributed by atoms with Crippen LogP contribution in [0.5, 0.6) is 0 Å². The van der Waals surface area contributed by atoms with E-state index in [0.717, 1.165) is 30.8 Å². The number of nitrogens with zero attached hydrogens (tertiary/aromatic N) is 5. The van der Waals surface area contributed by atoms with Gasteiger partial charge in [-0.2, -0.15) is 5.26 Å². The second-order valence-corrected chi connectivity index (χ2v) is 6.70. The van der Waals surface area contributed by atoms with E-state index in [-0.39, 0.29) is 5.91 Å². The summed E-state index contributed by atoms with van der Waals surface area (Å²) in [6.45, 7) is 3.68. The molecule has 0 saturated carbocycles. The highest BCUT2D eigenvalue weighted by molar-refractivity contribution is 5.93. The van der Waals surface area contributed by atoms with Crippen LogP contribution >= 0.6 is 0 Å². The van der Waals surface area contributed by atoms with Crippen LogP contribution in [0.2, 0.25) is 0 Å². The Balaban J connectivity index is 1.34. The smallest absolute Gasteiger partial charge is 0.276 e. The Labute approximate surface area is 162 Å². The van der Waals surface area contributed by atoms with E-state index in [9.17, 15) is 4.79 Å². The number of piperazine rings is 1. The highest BCUT2D eigenvalue weighted by Gasteiger charge is 2.24. The van der Waals surface area contributed by atoms with Crippen LogP contribution in [-0.2, 0) is 6.54 Å². The molecule has 0 unspecified atom stereocenters. The maximum absolute atomic E-state index is 12.7. The highest BCUT2D eigenvalue weighted by Crippen LogP contribution is 2.20. The average molecular weight is 373 g/mol. The van der Waals surface area contributed by atoms with Crippen LogP contribution in [0.3, 0.4) is 0 Å². The number of amides is 1. The van der Waals surface area contributed by atoms with Crippen LogP contribution < -0.4 is 0 Å². The molecule has 0 N–H and O–H groups in total. The summed E-state index contributed by atoms with van der Waals surface area (Å²) in [5.74, 6) is 0.424. The van der Waals surface area contributed by atoms with E-state index in [1.54, 1.807) is 23.4 Å². The minimum atomic E-state index is -0.114. The first kappa shape index (κ1) is 17.9. The van der Waals surface area contributed by atoms with Crippen molar-refractivity contribution in [3.63, 3.8) is 0 Å². The Hall–Kier alpha value is -3.50. The van der Waals surface area contributed by atoms with Crippen molar-refractivity contribution in [2.45, 2.75) is 6.54 Å². The van der Waals surface area contributed by atoms with E-state index in [2.05, 4.69) is 21.1 Å². The fraction of sp³-hybridized carbons (Fsp3) is 0.238. The number of rotatable bonds is 4. The van der Waals surface area contributed by atoms with Gasteiger partial charge in [0.25, 0.3) is 5.91 Å². The number of carbonyl (C=O) groups is 1. The maximum Gasteiger partial charge on any atom is 0.276 e. The van der Waals surface area contributed by atoms with Crippen molar-refractivity contribution in [2.24, 2.45) is 0 Å². The van der Waals surface area contributed by atoms with E-state index in [4.69, 9.17) is 9.78 Å². The standard InChI is InChI=1S/C21H19N5O2/c22-13-16-3-5-17(6-4-16)15-25-8-10-26(11-9-25)21(27)19-12-20(28-24-19)18-2-1-7-23-14-18/h1-7,12,14H,8-11,15H2. The molecule has 7 heteroatoms. The summed E-state index contributed by atoms with van der Waals surface area (Å²) in [5.41, 5.74) is 2.94. The lowest BCUT2D eigenvalue weighted by molar-refractivity contribution is 0.0618. The van der Waals surface area contributed by atoms with Crippen LogP contribution in [0.4, 0.5) is 0 Å². The van der Waals surface area contributed by atoms with Crippen molar-refractivity contribution in [2.75, 3.05) is 26.2 Å². The zero-order valence-corrected chi connectivity index (χ0v) is 15.3. The molecule has 0 spiro atoms. The Morgan fingerprint density at radius 2 is 1.93 bits per heavy atom. The molecule has 0 radical (unpaired) electrons. The third kappa shape index (κ3) is 3.92. The first-order chi connectivity index (χ1) is 13.7. The lowest BCUT2D eigenvalue weighted by Gasteiger charge is -2.34. The van der Waals surface area contributed by atoms with Crippen LogP contribution in [0.15, 0.2) is 59.4 Å². The molecule has 3 heterocycles. The van der Waals surface area contributed by atoms with E-state index in [1.165, 1.54) is 0 Å². The quantitative estimate of drug-likeness (QED) is 0.699. The topological polar surface area (TPSA) is 86.3 Å². The molecule has 1 aromatic carbocycles. The third-order valence-electron chi connectivity index (χ3n) is 4.82.